The number of amidine groups is 1. The number of halogens is 3. The summed E-state index contributed by atoms with van der Waals surface area (Å²) in [5.74, 6) is 1.66. The highest BCUT2D eigenvalue weighted by molar-refractivity contribution is 6.04. The van der Waals surface area contributed by atoms with E-state index >= 15 is 0 Å². The molecular formula is C24H28F3N7O. The van der Waals surface area contributed by atoms with Crippen molar-refractivity contribution in [2.75, 3.05) is 56.6 Å². The van der Waals surface area contributed by atoms with Gasteiger partial charge in [0.05, 0.1) is 25.3 Å². The molecular weight excluding hydrogens is 459 g/mol. The Bertz CT molecular complexity index is 1110. The predicted molar refractivity (Wildman–Crippen MR) is 130 cm³/mol. The summed E-state index contributed by atoms with van der Waals surface area (Å²) in [7, 11) is 0. The minimum absolute atomic E-state index is 0.309. The van der Waals surface area contributed by atoms with Crippen LogP contribution in [-0.4, -0.2) is 71.6 Å². The number of benzene rings is 1. The molecule has 35 heavy (non-hydrogen) atoms. The van der Waals surface area contributed by atoms with E-state index in [1.165, 1.54) is 6.07 Å². The van der Waals surface area contributed by atoms with Gasteiger partial charge in [0, 0.05) is 19.6 Å². The lowest BCUT2D eigenvalue weighted by atomic mass is 10.1. The normalized spacial score (nSPS) is 16.9. The zero-order valence-corrected chi connectivity index (χ0v) is 19.5. The van der Waals surface area contributed by atoms with E-state index in [4.69, 9.17) is 4.74 Å². The highest BCUT2D eigenvalue weighted by atomic mass is 19.4. The van der Waals surface area contributed by atoms with Crippen LogP contribution >= 0.6 is 0 Å². The zero-order valence-electron chi connectivity index (χ0n) is 19.5. The molecule has 0 bridgehead atoms. The third-order valence-corrected chi connectivity index (χ3v) is 5.45. The molecule has 0 unspecified atom stereocenters. The molecule has 1 aromatic carbocycles. The van der Waals surface area contributed by atoms with E-state index in [2.05, 4.69) is 35.5 Å². The van der Waals surface area contributed by atoms with Gasteiger partial charge in [-0.25, -0.2) is 0 Å². The predicted octanol–water partition coefficient (Wildman–Crippen LogP) is 3.97. The van der Waals surface area contributed by atoms with Gasteiger partial charge in [0.25, 0.3) is 0 Å². The molecule has 1 saturated heterocycles. The molecule has 2 aromatic rings. The van der Waals surface area contributed by atoms with Gasteiger partial charge in [-0.2, -0.15) is 28.1 Å². The van der Waals surface area contributed by atoms with Gasteiger partial charge in [-0.15, -0.1) is 0 Å². The molecule has 2 aliphatic rings. The van der Waals surface area contributed by atoms with E-state index in [0.717, 1.165) is 57.0 Å². The fourth-order valence-electron chi connectivity index (χ4n) is 3.64. The summed E-state index contributed by atoms with van der Waals surface area (Å²) < 4.78 is 44.5. The maximum absolute atomic E-state index is 13.0. The summed E-state index contributed by atoms with van der Waals surface area (Å²) in [6, 6.07) is 5.09. The lowest BCUT2D eigenvalue weighted by molar-refractivity contribution is -0.137. The largest absolute Gasteiger partial charge is 0.416 e. The Morgan fingerprint density at radius 3 is 2.63 bits per heavy atom. The number of nitrogens with one attached hydrogen (secondary N) is 2. The Balaban J connectivity index is 1.46. The molecule has 0 amide bonds. The van der Waals surface area contributed by atoms with Crippen LogP contribution in [0.1, 0.15) is 30.3 Å². The van der Waals surface area contributed by atoms with Crippen molar-refractivity contribution in [3.8, 4) is 0 Å². The van der Waals surface area contributed by atoms with Gasteiger partial charge in [0.15, 0.2) is 5.82 Å². The first-order valence-corrected chi connectivity index (χ1v) is 11.5. The quantitative estimate of drug-likeness (QED) is 0.545. The fraction of sp³-hybridized carbons (Fsp3) is 0.417. The van der Waals surface area contributed by atoms with Crippen molar-refractivity contribution in [1.29, 1.82) is 0 Å². The Morgan fingerprint density at radius 1 is 1.09 bits per heavy atom. The molecule has 2 aliphatic heterocycles. The van der Waals surface area contributed by atoms with Crippen LogP contribution in [0.4, 0.5) is 25.1 Å². The number of hydrogen-bond donors (Lipinski definition) is 2. The maximum Gasteiger partial charge on any atom is 0.416 e. The van der Waals surface area contributed by atoms with E-state index in [1.807, 2.05) is 13.0 Å². The zero-order chi connectivity index (χ0) is 24.7. The monoisotopic (exact) mass is 487 g/mol. The average Bonchev–Trinajstić information content (AvgIpc) is 3.25. The SMILES string of the molecule is CC1=CC(Nc2nc(/C=C/c3cccc(C(F)(F)F)c3)nc(NCCCN3CCOCC3)n2)=NC1. The standard InChI is InChI=1S/C24H28F3N7O/c1-17-14-21(29-16-17)32-23-31-20(7-6-18-4-2-5-19(15-18)24(25,26)27)30-22(33-23)28-8-3-9-34-10-12-35-13-11-34/h2,4-7,14-15H,3,8-13,16H2,1H3,(H2,28,29,30,31,32,33)/b7-6+. The summed E-state index contributed by atoms with van der Waals surface area (Å²) in [5, 5.41) is 6.32. The molecule has 0 saturated carbocycles. The molecule has 1 aromatic heterocycles. The lowest BCUT2D eigenvalue weighted by Crippen LogP contribution is -2.37. The molecule has 186 valence electrons. The van der Waals surface area contributed by atoms with E-state index in [0.29, 0.717) is 42.2 Å². The van der Waals surface area contributed by atoms with Crippen LogP contribution in [0, 0.1) is 0 Å². The minimum Gasteiger partial charge on any atom is -0.379 e. The van der Waals surface area contributed by atoms with Gasteiger partial charge in [-0.05, 0) is 55.3 Å². The number of ether oxygens (including phenoxy) is 1. The van der Waals surface area contributed by atoms with Crippen LogP contribution in [0.2, 0.25) is 0 Å². The average molecular weight is 488 g/mol. The highest BCUT2D eigenvalue weighted by Gasteiger charge is 2.30. The van der Waals surface area contributed by atoms with E-state index in [1.54, 1.807) is 18.2 Å². The van der Waals surface area contributed by atoms with Gasteiger partial charge >= 0.3 is 6.18 Å². The molecule has 0 aliphatic carbocycles. The van der Waals surface area contributed by atoms with Crippen LogP contribution < -0.4 is 10.6 Å². The van der Waals surface area contributed by atoms with Crippen molar-refractivity contribution in [1.82, 2.24) is 19.9 Å². The van der Waals surface area contributed by atoms with Crippen molar-refractivity contribution >= 4 is 29.9 Å². The van der Waals surface area contributed by atoms with E-state index in [-0.39, 0.29) is 0 Å². The van der Waals surface area contributed by atoms with Gasteiger partial charge in [-0.3, -0.25) is 9.89 Å². The Labute approximate surface area is 202 Å². The van der Waals surface area contributed by atoms with Crippen LogP contribution in [0.25, 0.3) is 12.2 Å². The van der Waals surface area contributed by atoms with Crippen LogP contribution in [0.15, 0.2) is 40.9 Å². The molecule has 8 nitrogen and oxygen atoms in total. The van der Waals surface area contributed by atoms with Crippen molar-refractivity contribution in [3.63, 3.8) is 0 Å². The number of anilines is 2. The third-order valence-electron chi connectivity index (χ3n) is 5.45. The number of morpholine rings is 1. The molecule has 4 rings (SSSR count). The molecule has 0 spiro atoms. The summed E-state index contributed by atoms with van der Waals surface area (Å²) in [5.41, 5.74) is 0.808. The second kappa shape index (κ2) is 11.4. The lowest BCUT2D eigenvalue weighted by Gasteiger charge is -2.26. The van der Waals surface area contributed by atoms with Crippen molar-refractivity contribution in [2.45, 2.75) is 19.5 Å². The Morgan fingerprint density at radius 2 is 1.89 bits per heavy atom. The molecule has 1 fully saturated rings. The first-order valence-electron chi connectivity index (χ1n) is 11.5. The maximum atomic E-state index is 13.0. The number of alkyl halides is 3. The smallest absolute Gasteiger partial charge is 0.379 e. The topological polar surface area (TPSA) is 87.6 Å². The van der Waals surface area contributed by atoms with Crippen molar-refractivity contribution in [3.05, 3.63) is 52.9 Å². The summed E-state index contributed by atoms with van der Waals surface area (Å²) in [4.78, 5) is 20.0. The van der Waals surface area contributed by atoms with E-state index in [9.17, 15) is 13.2 Å². The molecule has 2 N–H and O–H groups in total. The fourth-order valence-corrected chi connectivity index (χ4v) is 3.64. The minimum atomic E-state index is -4.40. The second-order valence-electron chi connectivity index (χ2n) is 8.35. The first kappa shape index (κ1) is 24.8. The van der Waals surface area contributed by atoms with Crippen molar-refractivity contribution in [2.24, 2.45) is 4.99 Å². The van der Waals surface area contributed by atoms with Crippen LogP contribution in [0.3, 0.4) is 0 Å². The van der Waals surface area contributed by atoms with Crippen LogP contribution in [-0.2, 0) is 10.9 Å². The second-order valence-corrected chi connectivity index (χ2v) is 8.35. The summed E-state index contributed by atoms with van der Waals surface area (Å²) in [6.45, 7) is 7.58. The van der Waals surface area contributed by atoms with Gasteiger partial charge in [0.1, 0.15) is 5.84 Å². The molecule has 3 heterocycles. The van der Waals surface area contributed by atoms with Gasteiger partial charge in [-0.1, -0.05) is 18.2 Å². The number of aromatic nitrogens is 3. The molecule has 11 heteroatoms. The first-order chi connectivity index (χ1) is 16.8. The Kier molecular flexibility index (Phi) is 8.09. The number of aliphatic imine (C=N–C) groups is 1. The van der Waals surface area contributed by atoms with Gasteiger partial charge in [0.2, 0.25) is 11.9 Å². The van der Waals surface area contributed by atoms with Gasteiger partial charge < -0.3 is 15.4 Å². The number of rotatable bonds is 8. The van der Waals surface area contributed by atoms with E-state index < -0.39 is 11.7 Å². The summed E-state index contributed by atoms with van der Waals surface area (Å²) in [6.07, 6.45) is 1.53. The molecule has 0 radical (unpaired) electrons. The number of hydrogen-bond acceptors (Lipinski definition) is 8. The number of nitrogens with zero attached hydrogens (tertiary/aromatic N) is 5. The summed E-state index contributed by atoms with van der Waals surface area (Å²) >= 11 is 0. The highest BCUT2D eigenvalue weighted by Crippen LogP contribution is 2.29. The Hall–Kier alpha value is -3.31. The third kappa shape index (κ3) is 7.59. The van der Waals surface area contributed by atoms with Crippen molar-refractivity contribution < 1.29 is 17.9 Å². The molecule has 0 atom stereocenters. The van der Waals surface area contributed by atoms with Crippen LogP contribution in [0.5, 0.6) is 0 Å².